The molecule has 1 heteroatoms. The van der Waals surface area contributed by atoms with Crippen molar-refractivity contribution >= 4 is 6.08 Å². The topological polar surface area (TPSA) is 23.8 Å². The van der Waals surface area contributed by atoms with Gasteiger partial charge in [-0.15, -0.1) is 0 Å². The lowest BCUT2D eigenvalue weighted by atomic mass is 10.0. The first-order chi connectivity index (χ1) is 7.26. The van der Waals surface area contributed by atoms with Crippen LogP contribution in [-0.4, -0.2) is 0 Å². The third kappa shape index (κ3) is 3.66. The highest BCUT2D eigenvalue weighted by Crippen LogP contribution is 2.14. The Hall–Kier alpha value is -2.07. The van der Waals surface area contributed by atoms with Crippen LogP contribution in [0.4, 0.5) is 0 Å². The fourth-order valence-electron chi connectivity index (χ4n) is 1.23. The molecular formula is C14H13N. The van der Waals surface area contributed by atoms with Crippen LogP contribution in [0.25, 0.3) is 6.08 Å². The van der Waals surface area contributed by atoms with E-state index in [1.165, 1.54) is 0 Å². The second kappa shape index (κ2) is 5.62. The molecule has 0 saturated carbocycles. The first-order valence-corrected chi connectivity index (χ1v) is 4.72. The molecule has 1 nitrogen and oxygen atoms in total. The normalized spacial score (nSPS) is 10.5. The quantitative estimate of drug-likeness (QED) is 0.530. The van der Waals surface area contributed by atoms with Crippen LogP contribution in [0.1, 0.15) is 12.0 Å². The molecule has 0 atom stereocenters. The van der Waals surface area contributed by atoms with Gasteiger partial charge < -0.3 is 0 Å². The number of hydrogen-bond donors (Lipinski definition) is 0. The van der Waals surface area contributed by atoms with Crippen molar-refractivity contribution in [3.05, 3.63) is 66.3 Å². The maximum Gasteiger partial charge on any atom is 0.0944 e. The van der Waals surface area contributed by atoms with Gasteiger partial charge in [0, 0.05) is 12.0 Å². The van der Waals surface area contributed by atoms with Crippen molar-refractivity contribution in [3.63, 3.8) is 0 Å². The minimum Gasteiger partial charge on any atom is -0.193 e. The predicted octanol–water partition coefficient (Wildman–Crippen LogP) is 3.73. The van der Waals surface area contributed by atoms with Crippen LogP contribution in [0, 0.1) is 11.3 Å². The third-order valence-electron chi connectivity index (χ3n) is 1.99. The molecule has 1 aromatic rings. The van der Waals surface area contributed by atoms with Gasteiger partial charge in [0.15, 0.2) is 0 Å². The van der Waals surface area contributed by atoms with Crippen LogP contribution in [-0.2, 0) is 0 Å². The molecule has 0 N–H and O–H groups in total. The van der Waals surface area contributed by atoms with Gasteiger partial charge in [-0.25, -0.2) is 0 Å². The number of nitrogens with zero attached hydrogens (tertiary/aromatic N) is 1. The average Bonchev–Trinajstić information content (AvgIpc) is 2.29. The average molecular weight is 195 g/mol. The molecule has 0 aliphatic heterocycles. The zero-order chi connectivity index (χ0) is 11.1. The number of nitriles is 1. The molecule has 0 bridgehead atoms. The minimum atomic E-state index is 0.553. The third-order valence-corrected chi connectivity index (χ3v) is 1.99. The lowest BCUT2D eigenvalue weighted by Crippen LogP contribution is -1.82. The van der Waals surface area contributed by atoms with Crippen LogP contribution >= 0.6 is 0 Å². The summed E-state index contributed by atoms with van der Waals surface area (Å²) in [7, 11) is 0. The smallest absolute Gasteiger partial charge is 0.0944 e. The summed E-state index contributed by atoms with van der Waals surface area (Å²) >= 11 is 0. The summed E-state index contributed by atoms with van der Waals surface area (Å²) in [4.78, 5) is 0. The van der Waals surface area contributed by atoms with Gasteiger partial charge in [-0.1, -0.05) is 55.6 Å². The van der Waals surface area contributed by atoms with Crippen LogP contribution in [0.3, 0.4) is 0 Å². The van der Waals surface area contributed by atoms with E-state index in [2.05, 4.69) is 13.2 Å². The Morgan fingerprint density at radius 1 is 1.33 bits per heavy atom. The Morgan fingerprint density at radius 2 is 2.00 bits per heavy atom. The van der Waals surface area contributed by atoms with Gasteiger partial charge in [0.25, 0.3) is 0 Å². The molecule has 0 unspecified atom stereocenters. The maximum atomic E-state index is 8.63. The van der Waals surface area contributed by atoms with E-state index in [1.54, 1.807) is 6.08 Å². The Kier molecular flexibility index (Phi) is 4.12. The summed E-state index contributed by atoms with van der Waals surface area (Å²) in [6.45, 7) is 7.38. The fraction of sp³-hybridized carbons (Fsp3) is 0.0714. The lowest BCUT2D eigenvalue weighted by molar-refractivity contribution is 1.23. The van der Waals surface area contributed by atoms with E-state index >= 15 is 0 Å². The molecule has 0 radical (unpaired) electrons. The zero-order valence-electron chi connectivity index (χ0n) is 8.61. The van der Waals surface area contributed by atoms with Crippen LogP contribution in [0.5, 0.6) is 0 Å². The summed E-state index contributed by atoms with van der Waals surface area (Å²) in [5.74, 6) is 0. The van der Waals surface area contributed by atoms with E-state index in [1.807, 2.05) is 42.5 Å². The molecule has 15 heavy (non-hydrogen) atoms. The van der Waals surface area contributed by atoms with Gasteiger partial charge in [0.1, 0.15) is 0 Å². The highest BCUT2D eigenvalue weighted by Gasteiger charge is 1.96. The van der Waals surface area contributed by atoms with Crippen molar-refractivity contribution in [1.82, 2.24) is 0 Å². The van der Waals surface area contributed by atoms with Crippen molar-refractivity contribution in [3.8, 4) is 6.07 Å². The van der Waals surface area contributed by atoms with Crippen LogP contribution < -0.4 is 0 Å². The van der Waals surface area contributed by atoms with Gasteiger partial charge in [-0.05, 0) is 11.1 Å². The first kappa shape index (κ1) is 11.0. The molecule has 1 aromatic carbocycles. The van der Waals surface area contributed by atoms with Crippen LogP contribution in [0.15, 0.2) is 60.7 Å². The van der Waals surface area contributed by atoms with Crippen molar-refractivity contribution in [2.75, 3.05) is 0 Å². The number of rotatable bonds is 4. The zero-order valence-corrected chi connectivity index (χ0v) is 8.61. The fourth-order valence-corrected chi connectivity index (χ4v) is 1.23. The molecular weight excluding hydrogens is 182 g/mol. The van der Waals surface area contributed by atoms with Crippen molar-refractivity contribution < 1.29 is 0 Å². The van der Waals surface area contributed by atoms with Crippen LogP contribution in [0.2, 0.25) is 0 Å². The van der Waals surface area contributed by atoms with E-state index in [9.17, 15) is 0 Å². The minimum absolute atomic E-state index is 0.553. The maximum absolute atomic E-state index is 8.63. The van der Waals surface area contributed by atoms with Crippen molar-refractivity contribution in [2.45, 2.75) is 6.42 Å². The summed E-state index contributed by atoms with van der Waals surface area (Å²) in [5, 5.41) is 8.63. The van der Waals surface area contributed by atoms with Gasteiger partial charge in [0.05, 0.1) is 6.07 Å². The van der Waals surface area contributed by atoms with Gasteiger partial charge >= 0.3 is 0 Å². The van der Waals surface area contributed by atoms with E-state index in [4.69, 9.17) is 5.26 Å². The summed E-state index contributed by atoms with van der Waals surface area (Å²) in [6, 6.07) is 12.0. The summed E-state index contributed by atoms with van der Waals surface area (Å²) in [6.07, 6.45) is 4.33. The van der Waals surface area contributed by atoms with E-state index in [0.29, 0.717) is 12.0 Å². The number of allylic oxidation sites excluding steroid dienone is 3. The lowest BCUT2D eigenvalue weighted by Gasteiger charge is -2.00. The second-order valence-electron chi connectivity index (χ2n) is 3.23. The summed E-state index contributed by atoms with van der Waals surface area (Å²) in [5.41, 5.74) is 2.67. The van der Waals surface area contributed by atoms with Gasteiger partial charge in [0.2, 0.25) is 0 Å². The second-order valence-corrected chi connectivity index (χ2v) is 3.23. The predicted molar refractivity (Wildman–Crippen MR) is 64.0 cm³/mol. The van der Waals surface area contributed by atoms with Crippen molar-refractivity contribution in [2.24, 2.45) is 0 Å². The highest BCUT2D eigenvalue weighted by atomic mass is 14.2. The van der Waals surface area contributed by atoms with E-state index < -0.39 is 0 Å². The largest absolute Gasteiger partial charge is 0.193 e. The van der Waals surface area contributed by atoms with Gasteiger partial charge in [-0.3, -0.25) is 0 Å². The Balaban J connectivity index is 2.84. The first-order valence-electron chi connectivity index (χ1n) is 4.72. The molecule has 0 aliphatic carbocycles. The number of hydrogen-bond acceptors (Lipinski definition) is 1. The molecule has 0 spiro atoms. The van der Waals surface area contributed by atoms with E-state index in [0.717, 1.165) is 11.1 Å². The van der Waals surface area contributed by atoms with E-state index in [-0.39, 0.29) is 0 Å². The Bertz CT molecular complexity index is 418. The molecule has 0 aromatic heterocycles. The monoisotopic (exact) mass is 195 g/mol. The molecule has 0 aliphatic rings. The molecule has 0 fully saturated rings. The molecule has 0 saturated heterocycles. The van der Waals surface area contributed by atoms with Gasteiger partial charge in [-0.2, -0.15) is 5.26 Å². The highest BCUT2D eigenvalue weighted by molar-refractivity contribution is 5.56. The summed E-state index contributed by atoms with van der Waals surface area (Å²) < 4.78 is 0. The van der Waals surface area contributed by atoms with Crippen molar-refractivity contribution in [1.29, 1.82) is 5.26 Å². The Labute approximate surface area is 90.7 Å². The molecule has 1 rings (SSSR count). The number of benzene rings is 1. The standard InChI is InChI=1S/C14H13N/c1-3-13(9-12(2)11-15)10-14-7-5-4-6-8-14/h3-8,10H,1-2,9H2. The molecule has 74 valence electrons. The molecule has 0 heterocycles. The molecule has 0 amide bonds. The Morgan fingerprint density at radius 3 is 2.53 bits per heavy atom. The SMILES string of the molecule is C=CC(=Cc1ccccc1)CC(=C)C#N.